The molecule has 31 heavy (non-hydrogen) atoms. The normalized spacial score (nSPS) is 14.6. The number of benzene rings is 2. The Hall–Kier alpha value is -2.62. The molecule has 2 aromatic carbocycles. The van der Waals surface area contributed by atoms with Gasteiger partial charge in [-0.25, -0.2) is 4.79 Å². The van der Waals surface area contributed by atoms with Gasteiger partial charge < -0.3 is 19.7 Å². The number of hydrogen-bond donors (Lipinski definition) is 1. The van der Waals surface area contributed by atoms with Crippen LogP contribution in [0.4, 0.5) is 10.5 Å². The minimum atomic E-state index is -0.577. The van der Waals surface area contributed by atoms with E-state index in [0.717, 1.165) is 14.7 Å². The van der Waals surface area contributed by atoms with E-state index in [-0.39, 0.29) is 25.6 Å². The molecule has 0 aliphatic carbocycles. The third-order valence-corrected chi connectivity index (χ3v) is 5.79. The number of carbonyl (C=O) groups excluding carboxylic acids is 3. The zero-order valence-corrected chi connectivity index (χ0v) is 19.9. The first-order chi connectivity index (χ1) is 14.7. The summed E-state index contributed by atoms with van der Waals surface area (Å²) >= 11 is 2.12. The summed E-state index contributed by atoms with van der Waals surface area (Å²) in [5.74, 6) is -0.0521. The largest absolute Gasteiger partial charge is 0.445 e. The van der Waals surface area contributed by atoms with E-state index in [1.165, 1.54) is 6.92 Å². The molecular weight excluding hydrogens is 511 g/mol. The summed E-state index contributed by atoms with van der Waals surface area (Å²) in [6.45, 7) is 5.82. The van der Waals surface area contributed by atoms with E-state index in [1.807, 2.05) is 50.2 Å². The molecule has 0 unspecified atom stereocenters. The van der Waals surface area contributed by atoms with Crippen molar-refractivity contribution >= 4 is 46.2 Å². The number of carbonyl (C=O) groups is 3. The van der Waals surface area contributed by atoms with E-state index in [2.05, 4.69) is 27.9 Å². The van der Waals surface area contributed by atoms with Crippen LogP contribution in [0, 0.1) is 8.99 Å². The number of anilines is 1. The molecule has 0 spiro atoms. The molecule has 0 saturated heterocycles. The molecular formula is C23H25IN2O5. The fourth-order valence-electron chi connectivity index (χ4n) is 3.50. The fourth-order valence-corrected chi connectivity index (χ4v) is 4.14. The number of ether oxygens (including phenoxy) is 2. The first-order valence-corrected chi connectivity index (χ1v) is 11.0. The monoisotopic (exact) mass is 536 g/mol. The van der Waals surface area contributed by atoms with Gasteiger partial charge >= 0.3 is 12.1 Å². The minimum absolute atomic E-state index is 0.0468. The number of nitrogens with zero attached hydrogens (tertiary/aromatic N) is 1. The van der Waals surface area contributed by atoms with Gasteiger partial charge in [0, 0.05) is 31.5 Å². The van der Waals surface area contributed by atoms with Gasteiger partial charge in [0.2, 0.25) is 5.91 Å². The van der Waals surface area contributed by atoms with Gasteiger partial charge in [0.1, 0.15) is 12.4 Å². The molecule has 0 saturated carbocycles. The maximum Gasteiger partial charge on any atom is 0.407 e. The van der Waals surface area contributed by atoms with Crippen LogP contribution in [0.5, 0.6) is 5.75 Å². The molecule has 3 rings (SSSR count). The predicted octanol–water partition coefficient (Wildman–Crippen LogP) is 4.06. The summed E-state index contributed by atoms with van der Waals surface area (Å²) in [4.78, 5) is 38.2. The minimum Gasteiger partial charge on any atom is -0.445 e. The Kier molecular flexibility index (Phi) is 7.19. The molecule has 2 aromatic rings. The standard InChI is InChI=1S/C23H25IN2O5/c1-15(27)31-20-12-19-17(11-18(20)24)13-23(2,3)21(28)26(19)10-9-25-22(29)30-14-16-7-5-4-6-8-16/h4-8,11-12H,9-10,13-14H2,1-3H3,(H,25,29). The highest BCUT2D eigenvalue weighted by Gasteiger charge is 2.39. The van der Waals surface area contributed by atoms with E-state index in [1.54, 1.807) is 11.0 Å². The Labute approximate surface area is 195 Å². The molecule has 0 bridgehead atoms. The Bertz CT molecular complexity index is 991. The van der Waals surface area contributed by atoms with E-state index in [4.69, 9.17) is 9.47 Å². The lowest BCUT2D eigenvalue weighted by molar-refractivity contribution is -0.132. The SMILES string of the molecule is CC(=O)Oc1cc2c(cc1I)CC(C)(C)C(=O)N2CCNC(=O)OCc1ccccc1. The van der Waals surface area contributed by atoms with Crippen molar-refractivity contribution in [2.45, 2.75) is 33.8 Å². The lowest BCUT2D eigenvalue weighted by atomic mass is 9.80. The highest BCUT2D eigenvalue weighted by molar-refractivity contribution is 14.1. The molecule has 2 amide bonds. The van der Waals surface area contributed by atoms with Crippen molar-refractivity contribution in [2.75, 3.05) is 18.0 Å². The molecule has 1 aliphatic heterocycles. The number of hydrogen-bond acceptors (Lipinski definition) is 5. The van der Waals surface area contributed by atoms with Crippen LogP contribution in [-0.4, -0.2) is 31.1 Å². The van der Waals surface area contributed by atoms with Crippen LogP contribution < -0.4 is 15.0 Å². The lowest BCUT2D eigenvalue weighted by Gasteiger charge is -2.39. The van der Waals surface area contributed by atoms with Crippen LogP contribution in [0.3, 0.4) is 0 Å². The summed E-state index contributed by atoms with van der Waals surface area (Å²) in [5, 5.41) is 2.70. The number of nitrogens with one attached hydrogen (secondary N) is 1. The van der Waals surface area contributed by atoms with Gasteiger partial charge in [0.25, 0.3) is 0 Å². The van der Waals surface area contributed by atoms with Gasteiger partial charge in [-0.1, -0.05) is 44.2 Å². The number of esters is 1. The van der Waals surface area contributed by atoms with Gasteiger partial charge in [-0.05, 0) is 46.2 Å². The highest BCUT2D eigenvalue weighted by Crippen LogP contribution is 2.40. The van der Waals surface area contributed by atoms with Crippen LogP contribution in [0.2, 0.25) is 0 Å². The zero-order valence-electron chi connectivity index (χ0n) is 17.7. The van der Waals surface area contributed by atoms with Gasteiger partial charge in [-0.2, -0.15) is 0 Å². The van der Waals surface area contributed by atoms with Crippen molar-refractivity contribution in [2.24, 2.45) is 5.41 Å². The van der Waals surface area contributed by atoms with Crippen LogP contribution in [0.1, 0.15) is 31.9 Å². The summed E-state index contributed by atoms with van der Waals surface area (Å²) in [7, 11) is 0. The van der Waals surface area contributed by atoms with Gasteiger partial charge in [-0.3, -0.25) is 9.59 Å². The average molecular weight is 536 g/mol. The van der Waals surface area contributed by atoms with E-state index >= 15 is 0 Å². The predicted molar refractivity (Wildman–Crippen MR) is 125 cm³/mol. The summed E-state index contributed by atoms with van der Waals surface area (Å²) in [6, 6.07) is 13.1. The zero-order chi connectivity index (χ0) is 22.6. The summed E-state index contributed by atoms with van der Waals surface area (Å²) in [5.41, 5.74) is 2.01. The smallest absolute Gasteiger partial charge is 0.407 e. The first kappa shape index (κ1) is 23.1. The average Bonchev–Trinajstić information content (AvgIpc) is 2.71. The second kappa shape index (κ2) is 9.67. The molecule has 164 valence electrons. The number of rotatable bonds is 6. The number of amides is 2. The Morgan fingerprint density at radius 1 is 1.19 bits per heavy atom. The van der Waals surface area contributed by atoms with Gasteiger partial charge in [-0.15, -0.1) is 0 Å². The first-order valence-electron chi connectivity index (χ1n) is 9.95. The van der Waals surface area contributed by atoms with Crippen molar-refractivity contribution in [3.05, 3.63) is 57.2 Å². The second-order valence-corrected chi connectivity index (χ2v) is 9.17. The molecule has 0 atom stereocenters. The van der Waals surface area contributed by atoms with E-state index < -0.39 is 17.5 Å². The fraction of sp³-hybridized carbons (Fsp3) is 0.348. The van der Waals surface area contributed by atoms with E-state index in [0.29, 0.717) is 17.9 Å². The van der Waals surface area contributed by atoms with Gasteiger partial charge in [0.15, 0.2) is 0 Å². The maximum absolute atomic E-state index is 13.1. The number of alkyl carbamates (subject to hydrolysis) is 1. The van der Waals surface area contributed by atoms with Crippen molar-refractivity contribution in [1.29, 1.82) is 0 Å². The highest BCUT2D eigenvalue weighted by atomic mass is 127. The molecule has 0 radical (unpaired) electrons. The Balaban J connectivity index is 1.69. The topological polar surface area (TPSA) is 84.9 Å². The van der Waals surface area contributed by atoms with E-state index in [9.17, 15) is 14.4 Å². The third-order valence-electron chi connectivity index (χ3n) is 4.95. The Morgan fingerprint density at radius 2 is 1.90 bits per heavy atom. The van der Waals surface area contributed by atoms with Crippen LogP contribution in [0.25, 0.3) is 0 Å². The van der Waals surface area contributed by atoms with Crippen molar-refractivity contribution in [3.8, 4) is 5.75 Å². The molecule has 0 fully saturated rings. The van der Waals surface area contributed by atoms with Crippen molar-refractivity contribution in [3.63, 3.8) is 0 Å². The molecule has 1 heterocycles. The number of fused-ring (bicyclic) bond motifs is 1. The van der Waals surface area contributed by atoms with Gasteiger partial charge in [0.05, 0.1) is 9.26 Å². The van der Waals surface area contributed by atoms with Crippen LogP contribution in [-0.2, 0) is 27.4 Å². The Morgan fingerprint density at radius 3 is 2.58 bits per heavy atom. The van der Waals surface area contributed by atoms with Crippen LogP contribution in [0.15, 0.2) is 42.5 Å². The second-order valence-electron chi connectivity index (χ2n) is 8.01. The summed E-state index contributed by atoms with van der Waals surface area (Å²) < 4.78 is 11.3. The quantitative estimate of drug-likeness (QED) is 0.342. The van der Waals surface area contributed by atoms with Crippen molar-refractivity contribution < 1.29 is 23.9 Å². The van der Waals surface area contributed by atoms with Crippen LogP contribution >= 0.6 is 22.6 Å². The number of halogens is 1. The third kappa shape index (κ3) is 5.75. The molecule has 7 nitrogen and oxygen atoms in total. The molecule has 8 heteroatoms. The molecule has 1 aliphatic rings. The summed E-state index contributed by atoms with van der Waals surface area (Å²) in [6.07, 6.45) is 0.0385. The van der Waals surface area contributed by atoms with Crippen molar-refractivity contribution in [1.82, 2.24) is 5.32 Å². The maximum atomic E-state index is 13.1. The molecule has 0 aromatic heterocycles. The lowest BCUT2D eigenvalue weighted by Crippen LogP contribution is -2.49. The molecule has 1 N–H and O–H groups in total.